The Labute approximate surface area is 107 Å². The SMILES string of the molecule is CCC(C(CC(=O)O)C(=O)O)(P(=O)(O)O)P(=O)(O)O. The van der Waals surface area contributed by atoms with Gasteiger partial charge in [0.05, 0.1) is 12.3 Å². The number of carbonyl (C=O) groups is 2. The molecule has 0 rings (SSSR count). The molecule has 10 nitrogen and oxygen atoms in total. The van der Waals surface area contributed by atoms with Gasteiger partial charge in [-0.2, -0.15) is 0 Å². The minimum Gasteiger partial charge on any atom is -0.481 e. The van der Waals surface area contributed by atoms with E-state index in [-0.39, 0.29) is 0 Å². The van der Waals surface area contributed by atoms with E-state index in [1.165, 1.54) is 0 Å². The monoisotopic (exact) mass is 320 g/mol. The number of carboxylic acid groups (broad SMARTS) is 2. The third-order valence-electron chi connectivity index (χ3n) is 2.76. The zero-order valence-corrected chi connectivity index (χ0v) is 11.5. The fourth-order valence-corrected chi connectivity index (χ4v) is 5.25. The van der Waals surface area contributed by atoms with Gasteiger partial charge in [-0.1, -0.05) is 6.92 Å². The van der Waals surface area contributed by atoms with Crippen molar-refractivity contribution in [2.24, 2.45) is 5.92 Å². The second-order valence-corrected chi connectivity index (χ2v) is 7.93. The third kappa shape index (κ3) is 3.42. The smallest absolute Gasteiger partial charge is 0.344 e. The van der Waals surface area contributed by atoms with E-state index in [2.05, 4.69) is 0 Å². The summed E-state index contributed by atoms with van der Waals surface area (Å²) in [7, 11) is -11.2. The molecule has 0 heterocycles. The van der Waals surface area contributed by atoms with Crippen molar-refractivity contribution in [3.8, 4) is 0 Å². The highest BCUT2D eigenvalue weighted by atomic mass is 31.2. The van der Waals surface area contributed by atoms with Gasteiger partial charge in [-0.3, -0.25) is 18.7 Å². The lowest BCUT2D eigenvalue weighted by atomic mass is 9.98. The summed E-state index contributed by atoms with van der Waals surface area (Å²) < 4.78 is 22.8. The van der Waals surface area contributed by atoms with E-state index in [1.54, 1.807) is 0 Å². The van der Waals surface area contributed by atoms with Gasteiger partial charge in [0, 0.05) is 0 Å². The van der Waals surface area contributed by atoms with Crippen LogP contribution in [0.15, 0.2) is 0 Å². The molecule has 0 spiro atoms. The lowest BCUT2D eigenvalue weighted by Crippen LogP contribution is -2.42. The first-order valence-electron chi connectivity index (χ1n) is 4.87. The van der Waals surface area contributed by atoms with Crippen LogP contribution < -0.4 is 0 Å². The van der Waals surface area contributed by atoms with Crippen LogP contribution in [0.2, 0.25) is 0 Å². The predicted octanol–water partition coefficient (Wildman–Crippen LogP) is -0.376. The van der Waals surface area contributed by atoms with Crippen molar-refractivity contribution in [2.45, 2.75) is 24.7 Å². The first-order chi connectivity index (χ1) is 8.31. The van der Waals surface area contributed by atoms with Crippen LogP contribution in [0, 0.1) is 5.92 Å². The summed E-state index contributed by atoms with van der Waals surface area (Å²) in [5.74, 6) is -6.17. The molecule has 0 saturated heterocycles. The van der Waals surface area contributed by atoms with Crippen LogP contribution in [0.5, 0.6) is 0 Å². The molecule has 0 aromatic rings. The van der Waals surface area contributed by atoms with Gasteiger partial charge < -0.3 is 29.8 Å². The van der Waals surface area contributed by atoms with Crippen molar-refractivity contribution >= 4 is 27.1 Å². The van der Waals surface area contributed by atoms with Crippen LogP contribution in [0.4, 0.5) is 0 Å². The lowest BCUT2D eigenvalue weighted by Gasteiger charge is -2.37. The minimum atomic E-state index is -5.60. The maximum absolute atomic E-state index is 11.4. The molecule has 0 aliphatic carbocycles. The maximum Gasteiger partial charge on any atom is 0.344 e. The van der Waals surface area contributed by atoms with Crippen LogP contribution in [0.25, 0.3) is 0 Å². The number of aliphatic carboxylic acids is 2. The standard InChI is InChI=1S/C7H14O10P2/c1-2-7(18(12,13)14,19(15,16)17)4(6(10)11)3-5(8)9/h4H,2-3H2,1H3,(H,8,9)(H,10,11)(H2,12,13,14)(H2,15,16,17). The summed E-state index contributed by atoms with van der Waals surface area (Å²) in [6.45, 7) is 0.968. The van der Waals surface area contributed by atoms with Crippen molar-refractivity contribution < 1.29 is 48.5 Å². The number of hydrogen-bond donors (Lipinski definition) is 6. The first-order valence-corrected chi connectivity index (χ1v) is 8.09. The highest BCUT2D eigenvalue weighted by Crippen LogP contribution is 2.74. The van der Waals surface area contributed by atoms with Crippen LogP contribution in [0.1, 0.15) is 19.8 Å². The quantitative estimate of drug-likeness (QED) is 0.337. The van der Waals surface area contributed by atoms with Gasteiger partial charge in [-0.15, -0.1) is 0 Å². The zero-order valence-electron chi connectivity index (χ0n) is 9.70. The fourth-order valence-electron chi connectivity index (χ4n) is 1.86. The Hall–Kier alpha value is -0.760. The summed E-state index contributed by atoms with van der Waals surface area (Å²) >= 11 is 0. The first kappa shape index (κ1) is 18.2. The molecule has 0 aromatic heterocycles. The van der Waals surface area contributed by atoms with Gasteiger partial charge in [-0.25, -0.2) is 0 Å². The van der Waals surface area contributed by atoms with Crippen molar-refractivity contribution in [2.75, 3.05) is 0 Å². The molecule has 0 aromatic carbocycles. The van der Waals surface area contributed by atoms with Crippen LogP contribution >= 0.6 is 15.2 Å². The summed E-state index contributed by atoms with van der Waals surface area (Å²) in [5.41, 5.74) is 0. The Morgan fingerprint density at radius 3 is 1.58 bits per heavy atom. The Bertz CT molecular complexity index is 436. The summed E-state index contributed by atoms with van der Waals surface area (Å²) in [6, 6.07) is 0. The minimum absolute atomic E-state index is 0.897. The van der Waals surface area contributed by atoms with Crippen molar-refractivity contribution in [3.63, 3.8) is 0 Å². The molecule has 19 heavy (non-hydrogen) atoms. The van der Waals surface area contributed by atoms with Crippen molar-refractivity contribution in [1.82, 2.24) is 0 Å². The maximum atomic E-state index is 11.4. The lowest BCUT2D eigenvalue weighted by molar-refractivity contribution is -0.149. The largest absolute Gasteiger partial charge is 0.481 e. The van der Waals surface area contributed by atoms with Gasteiger partial charge in [0.25, 0.3) is 0 Å². The van der Waals surface area contributed by atoms with Gasteiger partial charge >= 0.3 is 27.1 Å². The Balaban J connectivity index is 6.24. The molecule has 1 unspecified atom stereocenters. The molecule has 0 bridgehead atoms. The van der Waals surface area contributed by atoms with E-state index in [0.717, 1.165) is 6.92 Å². The fraction of sp³-hybridized carbons (Fsp3) is 0.714. The number of rotatable bonds is 7. The molecule has 0 fully saturated rings. The van der Waals surface area contributed by atoms with Gasteiger partial charge in [0.2, 0.25) is 0 Å². The molecule has 0 radical (unpaired) electrons. The van der Waals surface area contributed by atoms with Crippen molar-refractivity contribution in [3.05, 3.63) is 0 Å². The molecule has 0 amide bonds. The summed E-state index contributed by atoms with van der Waals surface area (Å²) in [6.07, 6.45) is -2.22. The van der Waals surface area contributed by atoms with Crippen LogP contribution in [0.3, 0.4) is 0 Å². The van der Waals surface area contributed by atoms with E-state index in [1.807, 2.05) is 0 Å². The normalized spacial score (nSPS) is 15.0. The second kappa shape index (κ2) is 5.70. The van der Waals surface area contributed by atoms with Crippen LogP contribution in [-0.2, 0) is 18.7 Å². The summed E-state index contributed by atoms with van der Waals surface area (Å²) in [5, 5.41) is 17.4. The van der Waals surface area contributed by atoms with Gasteiger partial charge in [-0.05, 0) is 6.42 Å². The molecular weight excluding hydrogens is 306 g/mol. The van der Waals surface area contributed by atoms with Crippen LogP contribution in [-0.4, -0.2) is 46.6 Å². The van der Waals surface area contributed by atoms with E-state index < -0.39 is 50.8 Å². The molecule has 0 aliphatic rings. The summed E-state index contributed by atoms with van der Waals surface area (Å²) in [4.78, 5) is 54.9. The topological polar surface area (TPSA) is 190 Å². The van der Waals surface area contributed by atoms with E-state index in [0.29, 0.717) is 0 Å². The molecule has 0 aliphatic heterocycles. The number of hydrogen-bond acceptors (Lipinski definition) is 4. The van der Waals surface area contributed by atoms with Crippen molar-refractivity contribution in [1.29, 1.82) is 0 Å². The Morgan fingerprint density at radius 2 is 1.42 bits per heavy atom. The van der Waals surface area contributed by atoms with E-state index >= 15 is 0 Å². The molecule has 1 atom stereocenters. The van der Waals surface area contributed by atoms with E-state index in [4.69, 9.17) is 29.8 Å². The van der Waals surface area contributed by atoms with Gasteiger partial charge in [0.15, 0.2) is 4.90 Å². The van der Waals surface area contributed by atoms with E-state index in [9.17, 15) is 18.7 Å². The molecule has 112 valence electrons. The predicted molar refractivity (Wildman–Crippen MR) is 60.5 cm³/mol. The Morgan fingerprint density at radius 1 is 1.05 bits per heavy atom. The third-order valence-corrected chi connectivity index (χ3v) is 7.60. The molecule has 6 N–H and O–H groups in total. The molecule has 0 saturated carbocycles. The number of carboxylic acids is 2. The van der Waals surface area contributed by atoms with Gasteiger partial charge in [0.1, 0.15) is 0 Å². The average molecular weight is 320 g/mol. The highest BCUT2D eigenvalue weighted by molar-refractivity contribution is 7.72. The molecule has 12 heteroatoms. The highest BCUT2D eigenvalue weighted by Gasteiger charge is 2.66. The zero-order chi connectivity index (χ0) is 15.6. The average Bonchev–Trinajstić information content (AvgIpc) is 2.12. The second-order valence-electron chi connectivity index (χ2n) is 3.81. The Kier molecular flexibility index (Phi) is 5.47. The molecular formula is C7H14O10P2.